The molecule has 1 heterocycles. The first-order chi connectivity index (χ1) is 16.1. The summed E-state index contributed by atoms with van der Waals surface area (Å²) in [6, 6.07) is 13.0. The van der Waals surface area contributed by atoms with E-state index in [-0.39, 0.29) is 17.3 Å². The third kappa shape index (κ3) is 7.40. The number of benzene rings is 2. The van der Waals surface area contributed by atoms with Crippen molar-refractivity contribution in [3.63, 3.8) is 0 Å². The Morgan fingerprint density at radius 3 is 2.55 bits per heavy atom. The molecule has 0 radical (unpaired) electrons. The number of thioether (sulfide) groups is 1. The number of halogens is 1. The molecule has 0 saturated heterocycles. The highest BCUT2D eigenvalue weighted by molar-refractivity contribution is 7.99. The first-order valence-electron chi connectivity index (χ1n) is 11.5. The van der Waals surface area contributed by atoms with Gasteiger partial charge in [-0.3, -0.25) is 14.2 Å². The van der Waals surface area contributed by atoms with Crippen LogP contribution < -0.4 is 16.6 Å². The SMILES string of the molecule is NCCCCCCNC(=O)CCCCSc1nc2ccccc2c(=O)n1-c1ccc(F)cc1. The predicted octanol–water partition coefficient (Wildman–Crippen LogP) is 4.42. The highest BCUT2D eigenvalue weighted by Gasteiger charge is 2.13. The molecule has 8 heteroatoms. The van der Waals surface area contributed by atoms with Crippen LogP contribution in [0.1, 0.15) is 44.9 Å². The van der Waals surface area contributed by atoms with Crippen molar-refractivity contribution in [2.75, 3.05) is 18.8 Å². The van der Waals surface area contributed by atoms with Crippen LogP contribution >= 0.6 is 11.8 Å². The van der Waals surface area contributed by atoms with E-state index < -0.39 is 0 Å². The van der Waals surface area contributed by atoms with Crippen molar-refractivity contribution in [1.82, 2.24) is 14.9 Å². The number of rotatable bonds is 13. The molecular formula is C25H31FN4O2S. The molecular weight excluding hydrogens is 439 g/mol. The molecule has 6 nitrogen and oxygen atoms in total. The Morgan fingerprint density at radius 2 is 1.76 bits per heavy atom. The van der Waals surface area contributed by atoms with E-state index in [9.17, 15) is 14.0 Å². The number of carbonyl (C=O) groups is 1. The maximum atomic E-state index is 13.4. The first kappa shape index (κ1) is 24.9. The number of carbonyl (C=O) groups excluding carboxylic acids is 1. The summed E-state index contributed by atoms with van der Waals surface area (Å²) < 4.78 is 14.9. The largest absolute Gasteiger partial charge is 0.356 e. The number of nitrogens with one attached hydrogen (secondary N) is 1. The number of hydrogen-bond donors (Lipinski definition) is 2. The summed E-state index contributed by atoms with van der Waals surface area (Å²) in [5.41, 5.74) is 6.51. The topological polar surface area (TPSA) is 90.0 Å². The van der Waals surface area contributed by atoms with Crippen LogP contribution in [0.5, 0.6) is 0 Å². The maximum Gasteiger partial charge on any atom is 0.266 e. The minimum absolute atomic E-state index is 0.0749. The van der Waals surface area contributed by atoms with Crippen molar-refractivity contribution in [3.8, 4) is 5.69 Å². The molecule has 0 atom stereocenters. The number of amides is 1. The Bertz CT molecular complexity index is 1100. The van der Waals surface area contributed by atoms with Crippen LogP contribution in [0.25, 0.3) is 16.6 Å². The van der Waals surface area contributed by atoms with E-state index in [2.05, 4.69) is 10.3 Å². The smallest absolute Gasteiger partial charge is 0.266 e. The molecule has 0 aliphatic carbocycles. The standard InChI is InChI=1S/C25H31FN4O2S/c26-19-12-14-20(15-13-19)30-24(32)21-9-3-4-10-22(21)29-25(30)33-18-8-5-11-23(31)28-17-7-2-1-6-16-27/h3-4,9-10,12-15H,1-2,5-8,11,16-18,27H2,(H,28,31). The lowest BCUT2D eigenvalue weighted by molar-refractivity contribution is -0.121. The van der Waals surface area contributed by atoms with E-state index in [0.717, 1.165) is 50.8 Å². The van der Waals surface area contributed by atoms with Gasteiger partial charge in [0.25, 0.3) is 5.56 Å². The zero-order valence-corrected chi connectivity index (χ0v) is 19.6. The number of unbranched alkanes of at least 4 members (excludes halogenated alkanes) is 4. The van der Waals surface area contributed by atoms with Crippen LogP contribution in [0.2, 0.25) is 0 Å². The van der Waals surface area contributed by atoms with Crippen molar-refractivity contribution >= 4 is 28.6 Å². The molecule has 0 saturated carbocycles. The van der Waals surface area contributed by atoms with Gasteiger partial charge in [0.05, 0.1) is 16.6 Å². The predicted molar refractivity (Wildman–Crippen MR) is 132 cm³/mol. The van der Waals surface area contributed by atoms with Gasteiger partial charge in [0.2, 0.25) is 5.91 Å². The summed E-state index contributed by atoms with van der Waals surface area (Å²) in [4.78, 5) is 29.8. The quantitative estimate of drug-likeness (QED) is 0.219. The number of fused-ring (bicyclic) bond motifs is 1. The maximum absolute atomic E-state index is 13.4. The van der Waals surface area contributed by atoms with Gasteiger partial charge in [-0.05, 0) is 68.6 Å². The first-order valence-corrected chi connectivity index (χ1v) is 12.5. The molecule has 1 aromatic heterocycles. The summed E-state index contributed by atoms with van der Waals surface area (Å²) in [6.07, 6.45) is 6.28. The molecule has 3 rings (SSSR count). The molecule has 1 amide bonds. The molecule has 0 aliphatic heterocycles. The average Bonchev–Trinajstić information content (AvgIpc) is 2.82. The highest BCUT2D eigenvalue weighted by atomic mass is 32.2. The van der Waals surface area contributed by atoms with Crippen molar-refractivity contribution in [1.29, 1.82) is 0 Å². The Kier molecular flexibility index (Phi) is 9.90. The summed E-state index contributed by atoms with van der Waals surface area (Å²) in [5.74, 6) is 0.438. The molecule has 176 valence electrons. The van der Waals surface area contributed by atoms with Crippen LogP contribution in [0.3, 0.4) is 0 Å². The van der Waals surface area contributed by atoms with Crippen LogP contribution in [-0.4, -0.2) is 34.3 Å². The number of nitrogens with zero attached hydrogens (tertiary/aromatic N) is 2. The number of nitrogens with two attached hydrogens (primary N) is 1. The Labute approximate surface area is 197 Å². The van der Waals surface area contributed by atoms with Gasteiger partial charge in [-0.1, -0.05) is 36.7 Å². The monoisotopic (exact) mass is 470 g/mol. The van der Waals surface area contributed by atoms with Crippen molar-refractivity contribution < 1.29 is 9.18 Å². The van der Waals surface area contributed by atoms with Gasteiger partial charge in [0.1, 0.15) is 5.82 Å². The van der Waals surface area contributed by atoms with Gasteiger partial charge < -0.3 is 11.1 Å². The average molecular weight is 471 g/mol. The molecule has 0 bridgehead atoms. The third-order valence-corrected chi connectivity index (χ3v) is 6.34. The summed E-state index contributed by atoms with van der Waals surface area (Å²) in [5, 5.41) is 4.05. The van der Waals surface area contributed by atoms with E-state index in [1.165, 1.54) is 28.5 Å². The highest BCUT2D eigenvalue weighted by Crippen LogP contribution is 2.22. The fraction of sp³-hybridized carbons (Fsp3) is 0.400. The minimum atomic E-state index is -0.358. The Balaban J connectivity index is 1.56. The minimum Gasteiger partial charge on any atom is -0.356 e. The van der Waals surface area contributed by atoms with E-state index in [1.807, 2.05) is 12.1 Å². The number of aromatic nitrogens is 2. The van der Waals surface area contributed by atoms with Gasteiger partial charge in [0, 0.05) is 18.7 Å². The molecule has 0 aliphatic rings. The molecule has 33 heavy (non-hydrogen) atoms. The second-order valence-electron chi connectivity index (χ2n) is 7.89. The van der Waals surface area contributed by atoms with Gasteiger partial charge in [-0.15, -0.1) is 0 Å². The Hall–Kier alpha value is -2.71. The normalized spacial score (nSPS) is 11.1. The lowest BCUT2D eigenvalue weighted by atomic mass is 10.2. The van der Waals surface area contributed by atoms with Crippen molar-refractivity contribution in [3.05, 3.63) is 64.7 Å². The van der Waals surface area contributed by atoms with E-state index in [0.29, 0.717) is 34.7 Å². The fourth-order valence-electron chi connectivity index (χ4n) is 3.52. The van der Waals surface area contributed by atoms with E-state index >= 15 is 0 Å². The van der Waals surface area contributed by atoms with Gasteiger partial charge >= 0.3 is 0 Å². The second kappa shape index (κ2) is 13.1. The number of para-hydroxylation sites is 1. The lowest BCUT2D eigenvalue weighted by Crippen LogP contribution is -2.24. The molecule has 0 spiro atoms. The second-order valence-corrected chi connectivity index (χ2v) is 8.95. The molecule has 3 aromatic rings. The summed E-state index contributed by atoms with van der Waals surface area (Å²) in [7, 11) is 0. The summed E-state index contributed by atoms with van der Waals surface area (Å²) >= 11 is 1.47. The van der Waals surface area contributed by atoms with Crippen molar-refractivity contribution in [2.45, 2.75) is 50.1 Å². The molecule has 0 unspecified atom stereocenters. The Morgan fingerprint density at radius 1 is 1.00 bits per heavy atom. The molecule has 0 fully saturated rings. The third-order valence-electron chi connectivity index (χ3n) is 5.31. The van der Waals surface area contributed by atoms with Crippen LogP contribution in [0.4, 0.5) is 4.39 Å². The zero-order valence-electron chi connectivity index (χ0n) is 18.8. The van der Waals surface area contributed by atoms with E-state index in [1.54, 1.807) is 24.3 Å². The van der Waals surface area contributed by atoms with Gasteiger partial charge in [-0.2, -0.15) is 0 Å². The van der Waals surface area contributed by atoms with Gasteiger partial charge in [-0.25, -0.2) is 9.37 Å². The molecule has 3 N–H and O–H groups in total. The van der Waals surface area contributed by atoms with Crippen LogP contribution in [0.15, 0.2) is 58.5 Å². The fourth-order valence-corrected chi connectivity index (χ4v) is 4.53. The summed E-state index contributed by atoms with van der Waals surface area (Å²) in [6.45, 7) is 1.43. The van der Waals surface area contributed by atoms with Crippen LogP contribution in [0, 0.1) is 5.82 Å². The van der Waals surface area contributed by atoms with Gasteiger partial charge in [0.15, 0.2) is 5.16 Å². The lowest BCUT2D eigenvalue weighted by Gasteiger charge is -2.13. The van der Waals surface area contributed by atoms with Crippen LogP contribution in [-0.2, 0) is 4.79 Å². The molecule has 2 aromatic carbocycles. The zero-order chi connectivity index (χ0) is 23.5. The number of hydrogen-bond acceptors (Lipinski definition) is 5. The van der Waals surface area contributed by atoms with Crippen molar-refractivity contribution in [2.24, 2.45) is 5.73 Å². The van der Waals surface area contributed by atoms with E-state index in [4.69, 9.17) is 5.73 Å².